The molecule has 0 aliphatic carbocycles. The molecule has 0 spiro atoms. The van der Waals surface area contributed by atoms with Gasteiger partial charge in [-0.15, -0.1) is 11.3 Å². The zero-order valence-corrected chi connectivity index (χ0v) is 12.4. The van der Waals surface area contributed by atoms with Crippen molar-refractivity contribution in [2.45, 2.75) is 13.0 Å². The van der Waals surface area contributed by atoms with Gasteiger partial charge in [0.05, 0.1) is 16.9 Å². The van der Waals surface area contributed by atoms with Crippen LogP contribution in [-0.2, 0) is 13.0 Å². The highest BCUT2D eigenvalue weighted by Crippen LogP contribution is 2.08. The van der Waals surface area contributed by atoms with E-state index in [1.807, 2.05) is 17.8 Å². The molecule has 106 valence electrons. The van der Waals surface area contributed by atoms with Gasteiger partial charge in [0.15, 0.2) is 0 Å². The summed E-state index contributed by atoms with van der Waals surface area (Å²) in [5.74, 6) is 0. The highest BCUT2D eigenvalue weighted by atomic mass is 32.1. The largest absolute Gasteiger partial charge is 0.300 e. The maximum atomic E-state index is 4.40. The van der Waals surface area contributed by atoms with E-state index in [2.05, 4.69) is 37.3 Å². The molecule has 0 amide bonds. The predicted octanol–water partition coefficient (Wildman–Crippen LogP) is 1.90. The third-order valence-corrected chi connectivity index (χ3v) is 4.38. The van der Waals surface area contributed by atoms with Crippen molar-refractivity contribution in [2.24, 2.45) is 0 Å². The lowest BCUT2D eigenvalue weighted by Gasteiger charge is -2.34. The Morgan fingerprint density at radius 3 is 2.55 bits per heavy atom. The third-order valence-electron chi connectivity index (χ3n) is 3.74. The Morgan fingerprint density at radius 1 is 1.00 bits per heavy atom. The highest BCUT2D eigenvalue weighted by molar-refractivity contribution is 7.07. The lowest BCUT2D eigenvalue weighted by molar-refractivity contribution is 0.127. The number of piperazine rings is 1. The molecular weight excluding hydrogens is 268 g/mol. The fourth-order valence-corrected chi connectivity index (χ4v) is 3.12. The smallest absolute Gasteiger partial charge is 0.0794 e. The van der Waals surface area contributed by atoms with E-state index < -0.39 is 0 Å². The van der Waals surface area contributed by atoms with Gasteiger partial charge in [-0.05, 0) is 12.1 Å². The second kappa shape index (κ2) is 6.92. The summed E-state index contributed by atoms with van der Waals surface area (Å²) in [5.41, 5.74) is 4.31. The van der Waals surface area contributed by atoms with Crippen molar-refractivity contribution >= 4 is 11.3 Å². The highest BCUT2D eigenvalue weighted by Gasteiger charge is 2.17. The van der Waals surface area contributed by atoms with Gasteiger partial charge in [0.2, 0.25) is 0 Å². The minimum Gasteiger partial charge on any atom is -0.300 e. The van der Waals surface area contributed by atoms with Crippen LogP contribution in [-0.4, -0.2) is 52.5 Å². The minimum absolute atomic E-state index is 0.973. The molecule has 0 radical (unpaired) electrons. The second-order valence-corrected chi connectivity index (χ2v) is 5.89. The zero-order chi connectivity index (χ0) is 13.6. The van der Waals surface area contributed by atoms with Gasteiger partial charge in [0, 0.05) is 57.3 Å². The van der Waals surface area contributed by atoms with Gasteiger partial charge < -0.3 is 4.90 Å². The average Bonchev–Trinajstić information content (AvgIpc) is 3.01. The van der Waals surface area contributed by atoms with Crippen LogP contribution in [0.1, 0.15) is 11.4 Å². The Labute approximate surface area is 124 Å². The van der Waals surface area contributed by atoms with Crippen molar-refractivity contribution in [3.05, 3.63) is 46.7 Å². The van der Waals surface area contributed by atoms with Gasteiger partial charge in [-0.1, -0.05) is 6.07 Å². The molecule has 2 aromatic rings. The molecule has 0 saturated carbocycles. The fourth-order valence-electron chi connectivity index (χ4n) is 2.53. The number of pyridine rings is 1. The number of thiazole rings is 1. The van der Waals surface area contributed by atoms with Gasteiger partial charge in [0.1, 0.15) is 0 Å². The van der Waals surface area contributed by atoms with Crippen LogP contribution in [0.25, 0.3) is 0 Å². The van der Waals surface area contributed by atoms with Crippen LogP contribution in [0.15, 0.2) is 35.3 Å². The summed E-state index contributed by atoms with van der Waals surface area (Å²) in [5, 5.41) is 2.15. The van der Waals surface area contributed by atoms with Crippen molar-refractivity contribution in [3.63, 3.8) is 0 Å². The maximum Gasteiger partial charge on any atom is 0.0794 e. The molecule has 3 heterocycles. The Hall–Kier alpha value is -1.30. The molecule has 0 N–H and O–H groups in total. The Morgan fingerprint density at radius 2 is 1.85 bits per heavy atom. The van der Waals surface area contributed by atoms with Gasteiger partial charge in [-0.25, -0.2) is 4.98 Å². The van der Waals surface area contributed by atoms with Crippen molar-refractivity contribution in [3.8, 4) is 0 Å². The topological polar surface area (TPSA) is 32.3 Å². The third kappa shape index (κ3) is 3.85. The zero-order valence-electron chi connectivity index (χ0n) is 11.6. The van der Waals surface area contributed by atoms with E-state index in [0.29, 0.717) is 0 Å². The summed E-state index contributed by atoms with van der Waals surface area (Å²) in [7, 11) is 0. The molecule has 20 heavy (non-hydrogen) atoms. The quantitative estimate of drug-likeness (QED) is 0.841. The molecule has 0 bridgehead atoms. The van der Waals surface area contributed by atoms with Crippen LogP contribution >= 0.6 is 11.3 Å². The molecule has 0 aromatic carbocycles. The first-order valence-corrected chi connectivity index (χ1v) is 8.06. The molecule has 0 unspecified atom stereocenters. The number of hydrogen-bond donors (Lipinski definition) is 0. The van der Waals surface area contributed by atoms with E-state index in [9.17, 15) is 0 Å². The Bertz CT molecular complexity index is 492. The number of nitrogens with zero attached hydrogens (tertiary/aromatic N) is 4. The molecule has 1 aliphatic heterocycles. The van der Waals surface area contributed by atoms with Gasteiger partial charge in [-0.3, -0.25) is 9.88 Å². The maximum absolute atomic E-state index is 4.40. The van der Waals surface area contributed by atoms with Crippen molar-refractivity contribution in [2.75, 3.05) is 32.7 Å². The van der Waals surface area contributed by atoms with Crippen molar-refractivity contribution in [1.82, 2.24) is 19.8 Å². The summed E-state index contributed by atoms with van der Waals surface area (Å²) < 4.78 is 0. The molecule has 1 fully saturated rings. The van der Waals surface area contributed by atoms with Crippen LogP contribution in [0, 0.1) is 0 Å². The first-order chi connectivity index (χ1) is 9.90. The van der Waals surface area contributed by atoms with Gasteiger partial charge >= 0.3 is 0 Å². The van der Waals surface area contributed by atoms with Gasteiger partial charge in [-0.2, -0.15) is 0 Å². The van der Waals surface area contributed by atoms with E-state index in [-0.39, 0.29) is 0 Å². The van der Waals surface area contributed by atoms with E-state index in [0.717, 1.165) is 45.7 Å². The summed E-state index contributed by atoms with van der Waals surface area (Å²) >= 11 is 1.68. The lowest BCUT2D eigenvalue weighted by atomic mass is 10.2. The van der Waals surface area contributed by atoms with E-state index in [4.69, 9.17) is 0 Å². The van der Waals surface area contributed by atoms with Crippen molar-refractivity contribution < 1.29 is 0 Å². The van der Waals surface area contributed by atoms with Crippen LogP contribution < -0.4 is 0 Å². The standard InChI is InChI=1S/C15H20N4S/c1-2-5-16-14(3-1)11-19-9-7-18(8-10-19)6-4-15-12-20-13-17-15/h1-3,5,12-13H,4,6-11H2. The SMILES string of the molecule is c1ccc(CN2CCN(CCc3cscn3)CC2)nc1. The predicted molar refractivity (Wildman–Crippen MR) is 81.8 cm³/mol. The molecule has 1 saturated heterocycles. The number of rotatable bonds is 5. The minimum atomic E-state index is 0.973. The van der Waals surface area contributed by atoms with E-state index in [1.54, 1.807) is 11.3 Å². The van der Waals surface area contributed by atoms with Crippen molar-refractivity contribution in [1.29, 1.82) is 0 Å². The van der Waals surface area contributed by atoms with Crippen LogP contribution in [0.4, 0.5) is 0 Å². The molecular formula is C15H20N4S. The van der Waals surface area contributed by atoms with Crippen LogP contribution in [0.2, 0.25) is 0 Å². The summed E-state index contributed by atoms with van der Waals surface area (Å²) in [6, 6.07) is 6.14. The molecule has 2 aromatic heterocycles. The first-order valence-electron chi connectivity index (χ1n) is 7.12. The Kier molecular flexibility index (Phi) is 4.73. The summed E-state index contributed by atoms with van der Waals surface area (Å²) in [6.45, 7) is 6.66. The van der Waals surface area contributed by atoms with E-state index >= 15 is 0 Å². The average molecular weight is 288 g/mol. The lowest BCUT2D eigenvalue weighted by Crippen LogP contribution is -2.46. The molecule has 0 atom stereocenters. The summed E-state index contributed by atoms with van der Waals surface area (Å²) in [6.07, 6.45) is 2.95. The normalized spacial score (nSPS) is 17.4. The van der Waals surface area contributed by atoms with Crippen LogP contribution in [0.5, 0.6) is 0 Å². The number of hydrogen-bond acceptors (Lipinski definition) is 5. The van der Waals surface area contributed by atoms with Crippen LogP contribution in [0.3, 0.4) is 0 Å². The number of aromatic nitrogens is 2. The molecule has 5 heteroatoms. The monoisotopic (exact) mass is 288 g/mol. The molecule has 1 aliphatic rings. The second-order valence-electron chi connectivity index (χ2n) is 5.17. The summed E-state index contributed by atoms with van der Waals surface area (Å²) in [4.78, 5) is 13.8. The molecule has 4 nitrogen and oxygen atoms in total. The Balaban J connectivity index is 1.40. The van der Waals surface area contributed by atoms with Gasteiger partial charge in [0.25, 0.3) is 0 Å². The fraction of sp³-hybridized carbons (Fsp3) is 0.467. The van der Waals surface area contributed by atoms with E-state index in [1.165, 1.54) is 11.4 Å². The molecule has 3 rings (SSSR count). The first kappa shape index (κ1) is 13.7.